The molecule has 0 aliphatic rings. The molecule has 0 bridgehead atoms. The molecule has 0 saturated carbocycles. The Hall–Kier alpha value is -0.893. The standard InChI is InChI=1S/C11H15F3O3Si/c12-11(13,14)9-5-3-8(4-6-9)2-1-7-18-17-10(15)16/h3-6,10,15-16H,1-2,7,18H2. The first-order valence-corrected chi connectivity index (χ1v) is 7.11. The lowest BCUT2D eigenvalue weighted by molar-refractivity contribution is -0.180. The highest BCUT2D eigenvalue weighted by atomic mass is 28.2. The number of hydrogen-bond donors (Lipinski definition) is 2. The minimum Gasteiger partial charge on any atom is -0.379 e. The van der Waals surface area contributed by atoms with E-state index >= 15 is 0 Å². The summed E-state index contributed by atoms with van der Waals surface area (Å²) in [5, 5.41) is 16.9. The third-order valence-electron chi connectivity index (χ3n) is 2.41. The van der Waals surface area contributed by atoms with Gasteiger partial charge >= 0.3 is 6.18 Å². The van der Waals surface area contributed by atoms with Gasteiger partial charge in [0.05, 0.1) is 5.56 Å². The highest BCUT2D eigenvalue weighted by molar-refractivity contribution is 6.26. The van der Waals surface area contributed by atoms with E-state index in [1.54, 1.807) is 0 Å². The van der Waals surface area contributed by atoms with Crippen LogP contribution >= 0.6 is 0 Å². The molecule has 0 fully saturated rings. The Kier molecular flexibility index (Phi) is 5.80. The van der Waals surface area contributed by atoms with Gasteiger partial charge in [0, 0.05) is 0 Å². The van der Waals surface area contributed by atoms with E-state index in [4.69, 9.17) is 10.2 Å². The van der Waals surface area contributed by atoms with Gasteiger partial charge in [0.2, 0.25) is 0 Å². The first-order chi connectivity index (χ1) is 8.39. The fourth-order valence-corrected chi connectivity index (χ4v) is 2.31. The third-order valence-corrected chi connectivity index (χ3v) is 3.73. The molecule has 0 amide bonds. The van der Waals surface area contributed by atoms with Gasteiger partial charge < -0.3 is 14.6 Å². The minimum atomic E-state index is -4.30. The van der Waals surface area contributed by atoms with Gasteiger partial charge in [0.15, 0.2) is 9.76 Å². The number of rotatable bonds is 6. The van der Waals surface area contributed by atoms with Crippen LogP contribution in [0.15, 0.2) is 24.3 Å². The van der Waals surface area contributed by atoms with Crippen molar-refractivity contribution in [2.75, 3.05) is 0 Å². The van der Waals surface area contributed by atoms with Gasteiger partial charge in [0.25, 0.3) is 6.48 Å². The highest BCUT2D eigenvalue weighted by Gasteiger charge is 2.29. The average Bonchev–Trinajstić information content (AvgIpc) is 2.27. The number of benzene rings is 1. The van der Waals surface area contributed by atoms with Gasteiger partial charge in [-0.3, -0.25) is 0 Å². The monoisotopic (exact) mass is 280 g/mol. The molecule has 0 aliphatic heterocycles. The van der Waals surface area contributed by atoms with Crippen LogP contribution in [0.2, 0.25) is 6.04 Å². The lowest BCUT2D eigenvalue weighted by Gasteiger charge is -2.08. The summed E-state index contributed by atoms with van der Waals surface area (Å²) in [7, 11) is -0.962. The lowest BCUT2D eigenvalue weighted by atomic mass is 10.1. The quantitative estimate of drug-likeness (QED) is 0.471. The van der Waals surface area contributed by atoms with E-state index < -0.39 is 28.0 Å². The number of aliphatic hydroxyl groups is 2. The second-order valence-corrected chi connectivity index (χ2v) is 5.30. The summed E-state index contributed by atoms with van der Waals surface area (Å²) in [6.07, 6.45) is -2.86. The zero-order valence-electron chi connectivity index (χ0n) is 9.65. The normalized spacial score (nSPS) is 12.8. The number of aliphatic hydroxyl groups excluding tert-OH is 1. The summed E-state index contributed by atoms with van der Waals surface area (Å²) in [6, 6.07) is 5.82. The molecule has 0 radical (unpaired) electrons. The highest BCUT2D eigenvalue weighted by Crippen LogP contribution is 2.29. The summed E-state index contributed by atoms with van der Waals surface area (Å²) in [5.74, 6) is 0. The van der Waals surface area contributed by atoms with Crippen molar-refractivity contribution in [1.82, 2.24) is 0 Å². The van der Waals surface area contributed by atoms with Crippen LogP contribution in [0.4, 0.5) is 13.2 Å². The maximum atomic E-state index is 12.3. The number of halogens is 3. The van der Waals surface area contributed by atoms with Crippen LogP contribution in [0.3, 0.4) is 0 Å². The summed E-state index contributed by atoms with van der Waals surface area (Å²) >= 11 is 0. The Morgan fingerprint density at radius 2 is 1.78 bits per heavy atom. The Labute approximate surface area is 105 Å². The van der Waals surface area contributed by atoms with E-state index in [1.807, 2.05) is 0 Å². The molecule has 0 aliphatic carbocycles. The number of alkyl halides is 3. The zero-order valence-corrected chi connectivity index (χ0v) is 11.1. The summed E-state index contributed by atoms with van der Waals surface area (Å²) < 4.78 is 41.5. The molecule has 1 aromatic carbocycles. The molecule has 0 atom stereocenters. The van der Waals surface area contributed by atoms with Crippen LogP contribution in [0.25, 0.3) is 0 Å². The van der Waals surface area contributed by atoms with Gasteiger partial charge in [-0.2, -0.15) is 13.2 Å². The van der Waals surface area contributed by atoms with Crippen molar-refractivity contribution in [1.29, 1.82) is 0 Å². The summed E-state index contributed by atoms with van der Waals surface area (Å²) in [6.45, 7) is -1.71. The van der Waals surface area contributed by atoms with E-state index in [1.165, 1.54) is 12.1 Å². The summed E-state index contributed by atoms with van der Waals surface area (Å²) in [5.41, 5.74) is 0.189. The van der Waals surface area contributed by atoms with Crippen molar-refractivity contribution in [3.63, 3.8) is 0 Å². The molecular weight excluding hydrogens is 265 g/mol. The van der Waals surface area contributed by atoms with Crippen molar-refractivity contribution in [2.24, 2.45) is 0 Å². The number of hydrogen-bond acceptors (Lipinski definition) is 3. The third kappa shape index (κ3) is 5.63. The van der Waals surface area contributed by atoms with Crippen molar-refractivity contribution in [3.8, 4) is 0 Å². The first-order valence-electron chi connectivity index (χ1n) is 5.53. The zero-order chi connectivity index (χ0) is 13.6. The van der Waals surface area contributed by atoms with E-state index in [2.05, 4.69) is 4.43 Å². The Bertz CT molecular complexity index is 352. The molecule has 7 heteroatoms. The van der Waals surface area contributed by atoms with Crippen molar-refractivity contribution in [3.05, 3.63) is 35.4 Å². The largest absolute Gasteiger partial charge is 0.416 e. The fourth-order valence-electron chi connectivity index (χ4n) is 1.48. The van der Waals surface area contributed by atoms with Gasteiger partial charge in [-0.1, -0.05) is 18.6 Å². The van der Waals surface area contributed by atoms with Gasteiger partial charge in [-0.15, -0.1) is 0 Å². The first kappa shape index (κ1) is 15.2. The van der Waals surface area contributed by atoms with Gasteiger partial charge in [0.1, 0.15) is 0 Å². The van der Waals surface area contributed by atoms with Gasteiger partial charge in [-0.25, -0.2) is 0 Å². The maximum Gasteiger partial charge on any atom is 0.416 e. The van der Waals surface area contributed by atoms with Gasteiger partial charge in [-0.05, 0) is 30.2 Å². The Morgan fingerprint density at radius 1 is 1.17 bits per heavy atom. The maximum absolute atomic E-state index is 12.3. The average molecular weight is 280 g/mol. The van der Waals surface area contributed by atoms with Crippen LogP contribution in [0, 0.1) is 0 Å². The van der Waals surface area contributed by atoms with Crippen LogP contribution in [0.1, 0.15) is 17.5 Å². The molecule has 0 aromatic heterocycles. The molecule has 102 valence electrons. The molecule has 1 aromatic rings. The molecule has 2 N–H and O–H groups in total. The molecular formula is C11H15F3O3Si. The molecule has 0 saturated heterocycles. The molecule has 0 heterocycles. The smallest absolute Gasteiger partial charge is 0.379 e. The Balaban J connectivity index is 2.31. The SMILES string of the molecule is OC(O)O[SiH2]CCCc1ccc(C(F)(F)F)cc1. The van der Waals surface area contributed by atoms with E-state index in [0.717, 1.165) is 30.2 Å². The number of aryl methyl sites for hydroxylation is 1. The second-order valence-electron chi connectivity index (χ2n) is 3.85. The van der Waals surface area contributed by atoms with E-state index in [9.17, 15) is 13.2 Å². The topological polar surface area (TPSA) is 49.7 Å². The minimum absolute atomic E-state index is 0.646. The predicted molar refractivity (Wildman–Crippen MR) is 62.4 cm³/mol. The summed E-state index contributed by atoms with van der Waals surface area (Å²) in [4.78, 5) is 0. The Morgan fingerprint density at radius 3 is 2.28 bits per heavy atom. The lowest BCUT2D eigenvalue weighted by Crippen LogP contribution is -2.13. The van der Waals surface area contributed by atoms with Crippen LogP contribution in [-0.2, 0) is 17.0 Å². The van der Waals surface area contributed by atoms with Crippen LogP contribution in [0.5, 0.6) is 0 Å². The fraction of sp³-hybridized carbons (Fsp3) is 0.455. The van der Waals surface area contributed by atoms with Crippen molar-refractivity contribution in [2.45, 2.75) is 31.5 Å². The molecule has 0 spiro atoms. The van der Waals surface area contributed by atoms with Crippen LogP contribution in [-0.4, -0.2) is 26.5 Å². The molecule has 0 unspecified atom stereocenters. The van der Waals surface area contributed by atoms with Crippen molar-refractivity contribution < 1.29 is 27.8 Å². The van der Waals surface area contributed by atoms with Crippen LogP contribution < -0.4 is 0 Å². The van der Waals surface area contributed by atoms with E-state index in [-0.39, 0.29) is 0 Å². The molecule has 18 heavy (non-hydrogen) atoms. The van der Waals surface area contributed by atoms with E-state index in [0.29, 0.717) is 6.42 Å². The second kappa shape index (κ2) is 6.88. The molecule has 1 rings (SSSR count). The van der Waals surface area contributed by atoms with Crippen molar-refractivity contribution >= 4 is 9.76 Å². The molecule has 3 nitrogen and oxygen atoms in total. The predicted octanol–water partition coefficient (Wildman–Crippen LogP) is 1.42.